The first kappa shape index (κ1) is 13.2. The minimum atomic E-state index is -0.382. The Balaban J connectivity index is 2.37. The van der Waals surface area contributed by atoms with Crippen LogP contribution < -0.4 is 16.0 Å². The summed E-state index contributed by atoms with van der Waals surface area (Å²) >= 11 is 0. The molecule has 0 aliphatic carbocycles. The van der Waals surface area contributed by atoms with Gasteiger partial charge >= 0.3 is 0 Å². The van der Waals surface area contributed by atoms with E-state index in [1.54, 1.807) is 0 Å². The van der Waals surface area contributed by atoms with Crippen molar-refractivity contribution >= 4 is 10.9 Å². The summed E-state index contributed by atoms with van der Waals surface area (Å²) in [6.45, 7) is 8.47. The average Bonchev–Trinajstić information content (AvgIpc) is 2.67. The summed E-state index contributed by atoms with van der Waals surface area (Å²) in [5.41, 5.74) is 9.25. The van der Waals surface area contributed by atoms with Crippen molar-refractivity contribution in [1.82, 2.24) is 4.98 Å². The minimum absolute atomic E-state index is 0.0480. The van der Waals surface area contributed by atoms with Gasteiger partial charge in [-0.05, 0) is 38.5 Å². The second-order valence-electron chi connectivity index (χ2n) is 6.02. The molecule has 0 amide bonds. The van der Waals surface area contributed by atoms with Gasteiger partial charge < -0.3 is 15.5 Å². The molecule has 3 rings (SSSR count). The molecule has 0 saturated carbocycles. The van der Waals surface area contributed by atoms with E-state index in [-0.39, 0.29) is 17.1 Å². The molecule has 0 saturated heterocycles. The Bertz CT molecular complexity index is 763. The fraction of sp³-hybridized carbons (Fsp3) is 0.438. The summed E-state index contributed by atoms with van der Waals surface area (Å²) in [4.78, 5) is 14.8. The number of aromatic nitrogens is 1. The number of aromatic amines is 1. The number of ether oxygens (including phenoxy) is 1. The number of hydrogen-bond acceptors (Lipinski definition) is 3. The van der Waals surface area contributed by atoms with Crippen LogP contribution in [-0.2, 0) is 0 Å². The number of H-pyrrole nitrogens is 1. The lowest BCUT2D eigenvalue weighted by molar-refractivity contribution is 0.105. The van der Waals surface area contributed by atoms with E-state index in [2.05, 4.69) is 18.0 Å². The highest BCUT2D eigenvalue weighted by Gasteiger charge is 2.42. The highest BCUT2D eigenvalue weighted by Crippen LogP contribution is 2.48. The highest BCUT2D eigenvalue weighted by molar-refractivity contribution is 5.90. The van der Waals surface area contributed by atoms with Gasteiger partial charge in [-0.1, -0.05) is 6.92 Å². The maximum absolute atomic E-state index is 11.8. The average molecular weight is 272 g/mol. The molecule has 1 aliphatic heterocycles. The van der Waals surface area contributed by atoms with Crippen LogP contribution in [0.1, 0.15) is 36.5 Å². The van der Waals surface area contributed by atoms with Crippen LogP contribution in [0.2, 0.25) is 0 Å². The van der Waals surface area contributed by atoms with Crippen LogP contribution in [0.25, 0.3) is 10.9 Å². The van der Waals surface area contributed by atoms with Gasteiger partial charge in [-0.25, -0.2) is 0 Å². The lowest BCUT2D eigenvalue weighted by atomic mass is 9.86. The Morgan fingerprint density at radius 1 is 1.35 bits per heavy atom. The maximum Gasteiger partial charge on any atom is 0.251 e. The lowest BCUT2D eigenvalue weighted by Gasteiger charge is -2.26. The zero-order chi connectivity index (χ0) is 14.7. The van der Waals surface area contributed by atoms with E-state index < -0.39 is 0 Å². The monoisotopic (exact) mass is 272 g/mol. The molecular formula is C16H20N2O2. The maximum atomic E-state index is 11.8. The Morgan fingerprint density at radius 3 is 2.70 bits per heavy atom. The molecule has 2 atom stereocenters. The molecule has 1 aliphatic rings. The van der Waals surface area contributed by atoms with E-state index in [0.717, 1.165) is 22.2 Å². The van der Waals surface area contributed by atoms with E-state index >= 15 is 0 Å². The molecule has 2 aromatic rings. The van der Waals surface area contributed by atoms with Gasteiger partial charge in [0.15, 0.2) is 0 Å². The Hall–Kier alpha value is -1.81. The van der Waals surface area contributed by atoms with Gasteiger partial charge in [0.25, 0.3) is 5.56 Å². The number of pyridine rings is 1. The third-order valence-electron chi connectivity index (χ3n) is 4.62. The van der Waals surface area contributed by atoms with E-state index in [9.17, 15) is 4.79 Å². The van der Waals surface area contributed by atoms with E-state index in [0.29, 0.717) is 12.1 Å². The van der Waals surface area contributed by atoms with Crippen LogP contribution in [0.15, 0.2) is 16.9 Å². The summed E-state index contributed by atoms with van der Waals surface area (Å²) in [6, 6.07) is 4.02. The number of hydrogen-bond donors (Lipinski definition) is 2. The summed E-state index contributed by atoms with van der Waals surface area (Å²) in [5, 5.41) is 0.973. The molecule has 0 fully saturated rings. The first-order chi connectivity index (χ1) is 9.37. The normalized spacial score (nSPS) is 24.8. The van der Waals surface area contributed by atoms with Crippen molar-refractivity contribution in [2.24, 2.45) is 5.73 Å². The van der Waals surface area contributed by atoms with Crippen LogP contribution in [0, 0.1) is 13.8 Å². The predicted molar refractivity (Wildman–Crippen MR) is 80.5 cm³/mol. The van der Waals surface area contributed by atoms with E-state index in [1.165, 1.54) is 5.56 Å². The minimum Gasteiger partial charge on any atom is -0.485 e. The first-order valence-electron chi connectivity index (χ1n) is 6.93. The van der Waals surface area contributed by atoms with E-state index in [4.69, 9.17) is 10.5 Å². The Labute approximate surface area is 117 Å². The smallest absolute Gasteiger partial charge is 0.251 e. The fourth-order valence-corrected chi connectivity index (χ4v) is 2.95. The Morgan fingerprint density at radius 2 is 2.05 bits per heavy atom. The largest absolute Gasteiger partial charge is 0.485 e. The van der Waals surface area contributed by atoms with Gasteiger partial charge in [0, 0.05) is 29.0 Å². The summed E-state index contributed by atoms with van der Waals surface area (Å²) in [7, 11) is 0. The number of nitrogens with one attached hydrogen (secondary N) is 1. The van der Waals surface area contributed by atoms with Crippen molar-refractivity contribution in [2.45, 2.75) is 39.2 Å². The van der Waals surface area contributed by atoms with Gasteiger partial charge in [0.1, 0.15) is 11.4 Å². The predicted octanol–water partition coefficient (Wildman–Crippen LogP) is 2.36. The molecule has 20 heavy (non-hydrogen) atoms. The fourth-order valence-electron chi connectivity index (χ4n) is 2.95. The molecule has 3 N–H and O–H groups in total. The van der Waals surface area contributed by atoms with Crippen molar-refractivity contribution in [3.8, 4) is 5.75 Å². The van der Waals surface area contributed by atoms with Gasteiger partial charge in [0.2, 0.25) is 0 Å². The van der Waals surface area contributed by atoms with Crippen LogP contribution >= 0.6 is 0 Å². The topological polar surface area (TPSA) is 68.1 Å². The molecule has 4 heteroatoms. The summed E-state index contributed by atoms with van der Waals surface area (Å²) < 4.78 is 6.17. The number of aryl methyl sites for hydroxylation is 2. The molecule has 2 heterocycles. The molecule has 0 bridgehead atoms. The standard InChI is InChI=1S/C16H20N2O2/c1-8-5-11-10(3)16(4,7-17)20-14(11)12-6-9(2)15(19)18-13(8)12/h5-6,10H,7,17H2,1-4H3,(H,18,19). The van der Waals surface area contributed by atoms with Crippen molar-refractivity contribution in [3.05, 3.63) is 39.2 Å². The van der Waals surface area contributed by atoms with Crippen LogP contribution in [-0.4, -0.2) is 17.1 Å². The number of rotatable bonds is 1. The quantitative estimate of drug-likeness (QED) is 0.837. The lowest BCUT2D eigenvalue weighted by Crippen LogP contribution is -2.41. The third-order valence-corrected chi connectivity index (χ3v) is 4.62. The van der Waals surface area contributed by atoms with Crippen molar-refractivity contribution in [1.29, 1.82) is 0 Å². The van der Waals surface area contributed by atoms with Gasteiger partial charge in [-0.15, -0.1) is 0 Å². The molecule has 0 radical (unpaired) electrons. The number of fused-ring (bicyclic) bond motifs is 3. The number of benzene rings is 1. The van der Waals surface area contributed by atoms with Gasteiger partial charge in [0.05, 0.1) is 5.52 Å². The molecule has 1 aromatic heterocycles. The van der Waals surface area contributed by atoms with Gasteiger partial charge in [-0.2, -0.15) is 0 Å². The second kappa shape index (κ2) is 4.09. The van der Waals surface area contributed by atoms with Crippen LogP contribution in [0.3, 0.4) is 0 Å². The highest BCUT2D eigenvalue weighted by atomic mass is 16.5. The van der Waals surface area contributed by atoms with E-state index in [1.807, 2.05) is 26.8 Å². The second-order valence-corrected chi connectivity index (χ2v) is 6.02. The SMILES string of the molecule is Cc1cc2c3c(cc(C)c2[nH]c1=O)C(C)C(C)(CN)O3. The van der Waals surface area contributed by atoms with Crippen LogP contribution in [0.5, 0.6) is 5.75 Å². The zero-order valence-corrected chi connectivity index (χ0v) is 12.3. The molecule has 4 nitrogen and oxygen atoms in total. The molecule has 2 unspecified atom stereocenters. The van der Waals surface area contributed by atoms with Crippen molar-refractivity contribution < 1.29 is 4.74 Å². The molecule has 106 valence electrons. The number of nitrogens with two attached hydrogens (primary N) is 1. The van der Waals surface area contributed by atoms with Gasteiger partial charge in [-0.3, -0.25) is 4.79 Å². The van der Waals surface area contributed by atoms with Crippen LogP contribution in [0.4, 0.5) is 0 Å². The zero-order valence-electron chi connectivity index (χ0n) is 12.3. The summed E-state index contributed by atoms with van der Waals surface area (Å²) in [5.74, 6) is 1.10. The summed E-state index contributed by atoms with van der Waals surface area (Å²) in [6.07, 6.45) is 0. The van der Waals surface area contributed by atoms with Crippen molar-refractivity contribution in [3.63, 3.8) is 0 Å². The molecule has 1 aromatic carbocycles. The molecular weight excluding hydrogens is 252 g/mol. The third kappa shape index (κ3) is 1.61. The van der Waals surface area contributed by atoms with Crippen molar-refractivity contribution in [2.75, 3.05) is 6.54 Å². The Kier molecular flexibility index (Phi) is 2.70. The first-order valence-corrected chi connectivity index (χ1v) is 6.93. The molecule has 0 spiro atoms.